The van der Waals surface area contributed by atoms with Gasteiger partial charge in [-0.25, -0.2) is 0 Å². The monoisotopic (exact) mass is 368 g/mol. The molecule has 1 heterocycles. The fraction of sp³-hybridized carbons (Fsp3) is 0.909. The van der Waals surface area contributed by atoms with E-state index in [0.29, 0.717) is 11.2 Å². The molecule has 0 spiro atoms. The second kappa shape index (κ2) is 14.0. The van der Waals surface area contributed by atoms with Crippen molar-refractivity contribution in [2.45, 2.75) is 90.2 Å². The van der Waals surface area contributed by atoms with Gasteiger partial charge in [0.1, 0.15) is 0 Å². The third-order valence-electron chi connectivity index (χ3n) is 5.81. The molecular weight excluding hydrogens is 324 g/mol. The Labute approximate surface area is 163 Å². The van der Waals surface area contributed by atoms with Gasteiger partial charge in [-0.3, -0.25) is 0 Å². The van der Waals surface area contributed by atoms with Gasteiger partial charge in [-0.2, -0.15) is 12.6 Å². The zero-order valence-corrected chi connectivity index (χ0v) is 18.1. The minimum Gasteiger partial charge on any atom is -0.375 e. The largest absolute Gasteiger partial charge is 0.375 e. The lowest BCUT2D eigenvalue weighted by Gasteiger charge is -2.34. The topological polar surface area (TPSA) is 15.3 Å². The number of hydrogen-bond acceptors (Lipinski definition) is 3. The summed E-state index contributed by atoms with van der Waals surface area (Å²) in [6.45, 7) is 16.0. The average Bonchev–Trinajstić information content (AvgIpc) is 2.60. The molecule has 0 aliphatic carbocycles. The summed E-state index contributed by atoms with van der Waals surface area (Å²) >= 11 is 5.00. The molecule has 1 saturated heterocycles. The maximum Gasteiger partial charge on any atom is 0.0175 e. The van der Waals surface area contributed by atoms with Gasteiger partial charge in [0.15, 0.2) is 0 Å². The van der Waals surface area contributed by atoms with E-state index in [4.69, 9.17) is 12.6 Å². The number of hydrogen-bond donors (Lipinski definition) is 2. The molecule has 3 heteroatoms. The van der Waals surface area contributed by atoms with Gasteiger partial charge in [-0.15, -0.1) is 0 Å². The number of nitrogens with zero attached hydrogens (tertiary/aromatic N) is 1. The lowest BCUT2D eigenvalue weighted by Crippen LogP contribution is -2.36. The Hall–Kier alpha value is -0.150. The van der Waals surface area contributed by atoms with E-state index >= 15 is 0 Å². The first-order valence-corrected chi connectivity index (χ1v) is 11.4. The summed E-state index contributed by atoms with van der Waals surface area (Å²) < 4.78 is 0. The summed E-state index contributed by atoms with van der Waals surface area (Å²) in [6, 6.07) is 0. The predicted octanol–water partition coefficient (Wildman–Crippen LogP) is 5.90. The van der Waals surface area contributed by atoms with Crippen LogP contribution in [0.1, 0.15) is 85.0 Å². The van der Waals surface area contributed by atoms with E-state index in [2.05, 4.69) is 37.6 Å². The van der Waals surface area contributed by atoms with Crippen LogP contribution in [0.3, 0.4) is 0 Å². The number of thiol groups is 1. The van der Waals surface area contributed by atoms with Crippen molar-refractivity contribution in [3.8, 4) is 0 Å². The molecule has 3 unspecified atom stereocenters. The average molecular weight is 369 g/mol. The van der Waals surface area contributed by atoms with E-state index in [-0.39, 0.29) is 0 Å². The van der Waals surface area contributed by atoms with Gasteiger partial charge in [0.2, 0.25) is 0 Å². The Morgan fingerprint density at radius 3 is 2.48 bits per heavy atom. The van der Waals surface area contributed by atoms with Crippen LogP contribution in [0.25, 0.3) is 0 Å². The zero-order chi connectivity index (χ0) is 18.5. The Balaban J connectivity index is 2.47. The number of allylic oxidation sites excluding steroid dienone is 1. The van der Waals surface area contributed by atoms with Gasteiger partial charge >= 0.3 is 0 Å². The summed E-state index contributed by atoms with van der Waals surface area (Å²) in [7, 11) is 0. The number of nitrogens with one attached hydrogen (secondary N) is 1. The summed E-state index contributed by atoms with van der Waals surface area (Å²) in [6.07, 6.45) is 12.8. The van der Waals surface area contributed by atoms with Crippen LogP contribution in [-0.4, -0.2) is 36.3 Å². The van der Waals surface area contributed by atoms with E-state index in [1.165, 1.54) is 83.0 Å². The van der Waals surface area contributed by atoms with Crippen LogP contribution < -0.4 is 5.32 Å². The number of rotatable bonds is 10. The van der Waals surface area contributed by atoms with E-state index < -0.39 is 0 Å². The van der Waals surface area contributed by atoms with Crippen LogP contribution in [0, 0.1) is 11.8 Å². The minimum atomic E-state index is 0.525. The molecule has 1 aliphatic rings. The van der Waals surface area contributed by atoms with Gasteiger partial charge in [0.25, 0.3) is 0 Å². The molecule has 148 valence electrons. The molecule has 0 bridgehead atoms. The van der Waals surface area contributed by atoms with Crippen LogP contribution in [0.2, 0.25) is 0 Å². The van der Waals surface area contributed by atoms with Gasteiger partial charge in [0, 0.05) is 24.0 Å². The van der Waals surface area contributed by atoms with Crippen LogP contribution in [-0.2, 0) is 0 Å². The second-order valence-electron chi connectivity index (χ2n) is 8.06. The van der Waals surface area contributed by atoms with E-state index in [9.17, 15) is 0 Å². The maximum atomic E-state index is 5.00. The molecule has 25 heavy (non-hydrogen) atoms. The molecule has 0 aromatic carbocycles. The zero-order valence-electron chi connectivity index (χ0n) is 17.2. The van der Waals surface area contributed by atoms with Crippen molar-refractivity contribution in [1.29, 1.82) is 0 Å². The third kappa shape index (κ3) is 9.38. The first kappa shape index (κ1) is 22.9. The molecule has 0 amide bonds. The number of unbranched alkanes of at least 4 members (excludes halogenated alkanes) is 3. The normalized spacial score (nSPS) is 25.8. The minimum absolute atomic E-state index is 0.525. The Morgan fingerprint density at radius 1 is 1.08 bits per heavy atom. The van der Waals surface area contributed by atoms with Gasteiger partial charge in [-0.05, 0) is 69.9 Å². The van der Waals surface area contributed by atoms with Crippen LogP contribution in [0.4, 0.5) is 0 Å². The van der Waals surface area contributed by atoms with Crippen LogP contribution in [0.15, 0.2) is 12.3 Å². The molecule has 0 saturated carbocycles. The maximum absolute atomic E-state index is 5.00. The van der Waals surface area contributed by atoms with E-state index in [1.54, 1.807) is 0 Å². The summed E-state index contributed by atoms with van der Waals surface area (Å²) in [5.41, 5.74) is 1.38. The van der Waals surface area contributed by atoms with Crippen LogP contribution in [0.5, 0.6) is 0 Å². The van der Waals surface area contributed by atoms with E-state index in [1.807, 2.05) is 0 Å². The Bertz CT molecular complexity index is 329. The van der Waals surface area contributed by atoms with Crippen molar-refractivity contribution in [1.82, 2.24) is 10.2 Å². The lowest BCUT2D eigenvalue weighted by atomic mass is 9.84. The highest BCUT2D eigenvalue weighted by Crippen LogP contribution is 2.29. The smallest absolute Gasteiger partial charge is 0.0175 e. The first-order chi connectivity index (χ1) is 12.1. The van der Waals surface area contributed by atoms with Crippen molar-refractivity contribution < 1.29 is 0 Å². The first-order valence-electron chi connectivity index (χ1n) is 10.9. The van der Waals surface area contributed by atoms with E-state index in [0.717, 1.165) is 19.0 Å². The molecule has 1 aliphatic heterocycles. The third-order valence-corrected chi connectivity index (χ3v) is 6.45. The highest BCUT2D eigenvalue weighted by molar-refractivity contribution is 7.81. The van der Waals surface area contributed by atoms with Crippen molar-refractivity contribution in [3.63, 3.8) is 0 Å². The summed E-state index contributed by atoms with van der Waals surface area (Å²) in [5.74, 6) is 1.46. The molecule has 1 fully saturated rings. The van der Waals surface area contributed by atoms with Gasteiger partial charge < -0.3 is 10.2 Å². The lowest BCUT2D eigenvalue weighted by molar-refractivity contribution is 0.246. The van der Waals surface area contributed by atoms with Crippen molar-refractivity contribution >= 4 is 12.6 Å². The second-order valence-corrected chi connectivity index (χ2v) is 8.72. The van der Waals surface area contributed by atoms with Gasteiger partial charge in [0.05, 0.1) is 0 Å². The highest BCUT2D eigenvalue weighted by atomic mass is 32.1. The molecule has 1 rings (SSSR count). The van der Waals surface area contributed by atoms with Gasteiger partial charge in [-0.1, -0.05) is 46.6 Å². The van der Waals surface area contributed by atoms with Crippen molar-refractivity contribution in [2.75, 3.05) is 26.2 Å². The molecule has 0 aromatic rings. The standard InChI is InChI=1S/C22H44N2S/c1-5-7-8-9-13-20(4)24-16-10-12-19(3)21(18-23-15-6-2)22(25)14-11-17-24/h19,21-23,25H,4-18H2,1-3H3. The summed E-state index contributed by atoms with van der Waals surface area (Å²) in [4.78, 5) is 2.58. The molecule has 1 N–H and O–H groups in total. The molecular formula is C22H44N2S. The Morgan fingerprint density at radius 2 is 1.80 bits per heavy atom. The quantitative estimate of drug-likeness (QED) is 0.369. The van der Waals surface area contributed by atoms with Crippen molar-refractivity contribution in [3.05, 3.63) is 12.3 Å². The predicted molar refractivity (Wildman–Crippen MR) is 117 cm³/mol. The molecule has 3 atom stereocenters. The van der Waals surface area contributed by atoms with Crippen molar-refractivity contribution in [2.24, 2.45) is 11.8 Å². The van der Waals surface area contributed by atoms with Crippen LogP contribution >= 0.6 is 12.6 Å². The fourth-order valence-corrected chi connectivity index (χ4v) is 4.61. The fourth-order valence-electron chi connectivity index (χ4n) is 4.03. The SMILES string of the molecule is C=C(CCCCCC)N1CCCC(C)C(CNCCC)C(S)CCC1. The molecule has 2 nitrogen and oxygen atoms in total. The highest BCUT2D eigenvalue weighted by Gasteiger charge is 2.25. The summed E-state index contributed by atoms with van der Waals surface area (Å²) in [5, 5.41) is 4.16. The Kier molecular flexibility index (Phi) is 12.8. The molecule has 0 aromatic heterocycles. The molecule has 0 radical (unpaired) electrons.